The Kier molecular flexibility index (Phi) is 3.15. The SMILES string of the molecule is CC1N(CCO)NC([S-])N1C. The monoisotopic (exact) mass is 176 g/mol. The molecule has 0 bridgehead atoms. The summed E-state index contributed by atoms with van der Waals surface area (Å²) in [6, 6.07) is 0. The van der Waals surface area contributed by atoms with Gasteiger partial charge in [0.05, 0.1) is 12.8 Å². The molecule has 0 spiro atoms. The lowest BCUT2D eigenvalue weighted by Gasteiger charge is -2.25. The van der Waals surface area contributed by atoms with Crippen LogP contribution < -0.4 is 5.43 Å². The number of aliphatic hydroxyl groups is 1. The summed E-state index contributed by atoms with van der Waals surface area (Å²) in [5.74, 6) is 0. The summed E-state index contributed by atoms with van der Waals surface area (Å²) in [6.07, 6.45) is 0.268. The molecule has 1 aliphatic rings. The van der Waals surface area contributed by atoms with E-state index in [1.54, 1.807) is 0 Å². The van der Waals surface area contributed by atoms with Crippen LogP contribution in [0.5, 0.6) is 0 Å². The molecule has 2 N–H and O–H groups in total. The molecule has 4 nitrogen and oxygen atoms in total. The molecule has 0 amide bonds. The van der Waals surface area contributed by atoms with Gasteiger partial charge in [0.25, 0.3) is 0 Å². The number of nitrogens with one attached hydrogen (secondary N) is 1. The van der Waals surface area contributed by atoms with Gasteiger partial charge in [0.1, 0.15) is 0 Å². The predicted octanol–water partition coefficient (Wildman–Crippen LogP) is -1.09. The quantitative estimate of drug-likeness (QED) is 0.523. The normalized spacial score (nSPS) is 34.9. The van der Waals surface area contributed by atoms with Gasteiger partial charge in [-0.05, 0) is 19.5 Å². The van der Waals surface area contributed by atoms with Crippen molar-refractivity contribution in [2.45, 2.75) is 18.6 Å². The van der Waals surface area contributed by atoms with Crippen LogP contribution in [0, 0.1) is 0 Å². The first-order valence-corrected chi connectivity index (χ1v) is 4.15. The summed E-state index contributed by atoms with van der Waals surface area (Å²) in [4.78, 5) is 2.03. The third-order valence-corrected chi connectivity index (χ3v) is 2.47. The van der Waals surface area contributed by atoms with E-state index in [4.69, 9.17) is 17.7 Å². The minimum Gasteiger partial charge on any atom is -0.757 e. The van der Waals surface area contributed by atoms with Crippen molar-refractivity contribution in [3.63, 3.8) is 0 Å². The molecule has 66 valence electrons. The van der Waals surface area contributed by atoms with Crippen molar-refractivity contribution in [3.8, 4) is 0 Å². The Bertz CT molecular complexity index is 135. The van der Waals surface area contributed by atoms with Gasteiger partial charge in [-0.15, -0.1) is 0 Å². The summed E-state index contributed by atoms with van der Waals surface area (Å²) in [6.45, 7) is 2.83. The van der Waals surface area contributed by atoms with E-state index in [0.29, 0.717) is 6.54 Å². The summed E-state index contributed by atoms with van der Waals surface area (Å²) in [5.41, 5.74) is 3.02. The molecule has 1 rings (SSSR count). The maximum absolute atomic E-state index is 8.68. The lowest BCUT2D eigenvalue weighted by atomic mass is 10.5. The van der Waals surface area contributed by atoms with Crippen molar-refractivity contribution in [1.29, 1.82) is 0 Å². The summed E-state index contributed by atoms with van der Waals surface area (Å²) in [5, 5.41) is 10.6. The van der Waals surface area contributed by atoms with Crippen LogP contribution in [0.3, 0.4) is 0 Å². The topological polar surface area (TPSA) is 38.7 Å². The van der Waals surface area contributed by atoms with Gasteiger partial charge in [0, 0.05) is 6.54 Å². The number of hydrogen-bond donors (Lipinski definition) is 2. The van der Waals surface area contributed by atoms with Gasteiger partial charge >= 0.3 is 0 Å². The standard InChI is InChI=1S/C6H15N3OS/c1-5-8(2)6(11)7-9(5)3-4-10/h5-7,10-11H,3-4H2,1-2H3/p-1. The molecule has 0 radical (unpaired) electrons. The van der Waals surface area contributed by atoms with Crippen molar-refractivity contribution < 1.29 is 5.11 Å². The van der Waals surface area contributed by atoms with Crippen LogP contribution in [0.1, 0.15) is 6.92 Å². The van der Waals surface area contributed by atoms with Crippen LogP contribution >= 0.6 is 0 Å². The molecule has 0 aliphatic carbocycles. The second kappa shape index (κ2) is 3.73. The Balaban J connectivity index is 2.45. The number of nitrogens with zero attached hydrogens (tertiary/aromatic N) is 2. The second-order valence-electron chi connectivity index (χ2n) is 2.70. The maximum Gasteiger partial charge on any atom is 0.0724 e. The average molecular weight is 176 g/mol. The predicted molar refractivity (Wildman–Crippen MR) is 45.3 cm³/mol. The zero-order chi connectivity index (χ0) is 8.43. The Morgan fingerprint density at radius 2 is 2.27 bits per heavy atom. The molecule has 5 heteroatoms. The highest BCUT2D eigenvalue weighted by Gasteiger charge is 2.25. The molecule has 2 unspecified atom stereocenters. The van der Waals surface area contributed by atoms with E-state index in [-0.39, 0.29) is 18.3 Å². The van der Waals surface area contributed by atoms with Crippen molar-refractivity contribution in [1.82, 2.24) is 15.3 Å². The van der Waals surface area contributed by atoms with Gasteiger partial charge in [-0.25, -0.2) is 5.01 Å². The first-order chi connectivity index (χ1) is 5.16. The summed E-state index contributed by atoms with van der Waals surface area (Å²) >= 11 is 5.08. The van der Waals surface area contributed by atoms with Crippen molar-refractivity contribution in [2.24, 2.45) is 0 Å². The van der Waals surface area contributed by atoms with Gasteiger partial charge in [0.15, 0.2) is 0 Å². The van der Waals surface area contributed by atoms with E-state index < -0.39 is 0 Å². The highest BCUT2D eigenvalue weighted by molar-refractivity contribution is 7.59. The van der Waals surface area contributed by atoms with E-state index in [1.807, 2.05) is 17.0 Å². The van der Waals surface area contributed by atoms with Crippen molar-refractivity contribution in [3.05, 3.63) is 0 Å². The van der Waals surface area contributed by atoms with Crippen LogP contribution in [-0.4, -0.2) is 46.9 Å². The highest BCUT2D eigenvalue weighted by atomic mass is 32.1. The fraction of sp³-hybridized carbons (Fsp3) is 1.00. The molecule has 1 aliphatic heterocycles. The van der Waals surface area contributed by atoms with Crippen LogP contribution in [-0.2, 0) is 12.6 Å². The minimum absolute atomic E-state index is 0.0449. The van der Waals surface area contributed by atoms with E-state index in [0.717, 1.165) is 0 Å². The maximum atomic E-state index is 8.68. The van der Waals surface area contributed by atoms with Crippen molar-refractivity contribution >= 4 is 12.6 Å². The Labute approximate surface area is 72.5 Å². The number of rotatable bonds is 2. The Morgan fingerprint density at radius 3 is 2.64 bits per heavy atom. The third-order valence-electron chi connectivity index (χ3n) is 2.03. The molecule has 1 saturated heterocycles. The number of hydrazine groups is 1. The number of hydrogen-bond acceptors (Lipinski definition) is 5. The lowest BCUT2D eigenvalue weighted by Crippen LogP contribution is -2.40. The van der Waals surface area contributed by atoms with Crippen LogP contribution in [0.4, 0.5) is 0 Å². The van der Waals surface area contributed by atoms with Gasteiger partial charge in [-0.3, -0.25) is 10.3 Å². The first kappa shape index (κ1) is 9.28. The van der Waals surface area contributed by atoms with E-state index in [1.165, 1.54) is 0 Å². The molecule has 0 aromatic heterocycles. The van der Waals surface area contributed by atoms with E-state index in [9.17, 15) is 0 Å². The number of aliphatic hydroxyl groups excluding tert-OH is 1. The molecular formula is C6H14N3OS-. The van der Waals surface area contributed by atoms with Gasteiger partial charge in [-0.1, -0.05) is 0 Å². The molecule has 2 atom stereocenters. The molecular weight excluding hydrogens is 162 g/mol. The third kappa shape index (κ3) is 1.86. The van der Waals surface area contributed by atoms with Gasteiger partial charge in [0.2, 0.25) is 0 Å². The van der Waals surface area contributed by atoms with Crippen LogP contribution in [0.25, 0.3) is 0 Å². The number of β-amino-alcohol motifs (C(OH)–C–C–N with tert-alkyl or cyclic N) is 1. The fourth-order valence-electron chi connectivity index (χ4n) is 1.12. The zero-order valence-corrected chi connectivity index (χ0v) is 7.64. The fourth-order valence-corrected chi connectivity index (χ4v) is 1.43. The lowest BCUT2D eigenvalue weighted by molar-refractivity contribution is 0.116. The van der Waals surface area contributed by atoms with Gasteiger partial charge in [-0.2, -0.15) is 0 Å². The molecule has 0 aromatic rings. The molecule has 1 heterocycles. The zero-order valence-electron chi connectivity index (χ0n) is 6.82. The smallest absolute Gasteiger partial charge is 0.0724 e. The molecule has 0 aromatic carbocycles. The molecule has 1 fully saturated rings. The summed E-state index contributed by atoms with van der Waals surface area (Å²) < 4.78 is 0. The average Bonchev–Trinajstić information content (AvgIpc) is 2.19. The minimum atomic E-state index is -0.0449. The van der Waals surface area contributed by atoms with Crippen LogP contribution in [0.15, 0.2) is 0 Å². The molecule has 0 saturated carbocycles. The molecule has 11 heavy (non-hydrogen) atoms. The highest BCUT2D eigenvalue weighted by Crippen LogP contribution is 2.11. The van der Waals surface area contributed by atoms with E-state index >= 15 is 0 Å². The van der Waals surface area contributed by atoms with Crippen LogP contribution in [0.2, 0.25) is 0 Å². The van der Waals surface area contributed by atoms with E-state index in [2.05, 4.69) is 12.3 Å². The van der Waals surface area contributed by atoms with Crippen molar-refractivity contribution in [2.75, 3.05) is 20.2 Å². The Hall–Kier alpha value is 0.190. The first-order valence-electron chi connectivity index (χ1n) is 3.68. The largest absolute Gasteiger partial charge is 0.757 e. The summed E-state index contributed by atoms with van der Waals surface area (Å²) in [7, 11) is 1.96. The van der Waals surface area contributed by atoms with Gasteiger partial charge < -0.3 is 17.7 Å². The second-order valence-corrected chi connectivity index (χ2v) is 3.14. The Morgan fingerprint density at radius 1 is 1.64 bits per heavy atom.